The Hall–Kier alpha value is -2.59. The summed E-state index contributed by atoms with van der Waals surface area (Å²) < 4.78 is 42.5. The number of carbonyl (C=O) groups excluding carboxylic acids is 1. The van der Waals surface area contributed by atoms with Crippen molar-refractivity contribution in [3.63, 3.8) is 0 Å². The van der Waals surface area contributed by atoms with E-state index in [1.54, 1.807) is 18.3 Å². The van der Waals surface area contributed by atoms with E-state index in [0.29, 0.717) is 46.4 Å². The van der Waals surface area contributed by atoms with E-state index in [1.165, 1.54) is 13.2 Å². The first kappa shape index (κ1) is 24.1. The molecule has 184 valence electrons. The molecule has 11 heteroatoms. The molecule has 35 heavy (non-hydrogen) atoms. The number of hydrogen-bond acceptors (Lipinski definition) is 4. The molecule has 0 bridgehead atoms. The van der Waals surface area contributed by atoms with E-state index in [9.17, 15) is 18.0 Å². The second kappa shape index (κ2) is 8.81. The predicted octanol–water partition coefficient (Wildman–Crippen LogP) is 5.63. The Morgan fingerprint density at radius 3 is 2.60 bits per heavy atom. The number of benzene rings is 1. The van der Waals surface area contributed by atoms with E-state index in [0.717, 1.165) is 28.2 Å². The Morgan fingerprint density at radius 2 is 1.89 bits per heavy atom. The van der Waals surface area contributed by atoms with E-state index in [2.05, 4.69) is 26.0 Å². The van der Waals surface area contributed by atoms with Gasteiger partial charge in [-0.2, -0.15) is 18.3 Å². The van der Waals surface area contributed by atoms with Gasteiger partial charge < -0.3 is 9.80 Å². The molecule has 0 N–H and O–H groups in total. The SMILES string of the molecule is CN1CC[C@H](N2CCc3c(cc(CBr)cc3-c3cn(C)nc3C(F)(F)F)C2=O)c2cc(Cl)cnc21. The zero-order chi connectivity index (χ0) is 25.1. The van der Waals surface area contributed by atoms with Gasteiger partial charge in [-0.25, -0.2) is 4.98 Å². The van der Waals surface area contributed by atoms with Gasteiger partial charge in [0.2, 0.25) is 0 Å². The van der Waals surface area contributed by atoms with Crippen LogP contribution in [0.4, 0.5) is 19.0 Å². The highest BCUT2D eigenvalue weighted by atomic mass is 79.9. The minimum absolute atomic E-state index is 0.0130. The number of aromatic nitrogens is 3. The highest BCUT2D eigenvalue weighted by molar-refractivity contribution is 9.08. The Bertz CT molecular complexity index is 1330. The monoisotopic (exact) mass is 567 g/mol. The van der Waals surface area contributed by atoms with Crippen LogP contribution in [0, 0.1) is 0 Å². The van der Waals surface area contributed by atoms with E-state index in [-0.39, 0.29) is 17.5 Å². The number of halogens is 5. The standard InChI is InChI=1S/C24H22BrClF3N5O/c1-32-5-4-20(18-9-14(26)11-30-22(18)32)34-6-3-15-16(7-13(10-25)8-17(15)23(34)35)19-12-33(2)31-21(19)24(27,28)29/h7-9,11-12,20H,3-6,10H2,1-2H3/t20-/m0/s1. The number of rotatable bonds is 3. The van der Waals surface area contributed by atoms with Crippen LogP contribution in [0.3, 0.4) is 0 Å². The highest BCUT2D eigenvalue weighted by Gasteiger charge is 2.40. The quantitative estimate of drug-likeness (QED) is 0.385. The molecule has 1 aromatic carbocycles. The summed E-state index contributed by atoms with van der Waals surface area (Å²) in [5.41, 5.74) is 2.09. The fourth-order valence-corrected chi connectivity index (χ4v) is 5.59. The molecule has 0 radical (unpaired) electrons. The first-order chi connectivity index (χ1) is 16.6. The average molecular weight is 569 g/mol. The third-order valence-electron chi connectivity index (χ3n) is 6.64. The van der Waals surface area contributed by atoms with E-state index < -0.39 is 11.9 Å². The van der Waals surface area contributed by atoms with Gasteiger partial charge in [0.25, 0.3) is 5.91 Å². The van der Waals surface area contributed by atoms with Crippen molar-refractivity contribution in [2.45, 2.75) is 30.4 Å². The molecular weight excluding hydrogens is 547 g/mol. The van der Waals surface area contributed by atoms with Crippen LogP contribution in [-0.4, -0.2) is 45.7 Å². The van der Waals surface area contributed by atoms with Crippen molar-refractivity contribution in [2.24, 2.45) is 7.05 Å². The minimum Gasteiger partial charge on any atom is -0.359 e. The van der Waals surface area contributed by atoms with E-state index >= 15 is 0 Å². The fraction of sp³-hybridized carbons (Fsp3) is 0.375. The van der Waals surface area contributed by atoms with E-state index in [4.69, 9.17) is 11.6 Å². The van der Waals surface area contributed by atoms with Gasteiger partial charge in [0.05, 0.1) is 11.1 Å². The lowest BCUT2D eigenvalue weighted by Crippen LogP contribution is -2.44. The molecule has 6 nitrogen and oxygen atoms in total. The molecule has 3 aromatic rings. The summed E-state index contributed by atoms with van der Waals surface area (Å²) in [7, 11) is 3.41. The lowest BCUT2D eigenvalue weighted by atomic mass is 9.87. The van der Waals surface area contributed by atoms with Crippen molar-refractivity contribution in [1.82, 2.24) is 19.7 Å². The van der Waals surface area contributed by atoms with Crippen LogP contribution in [-0.2, 0) is 25.0 Å². The molecule has 1 atom stereocenters. The Labute approximate surface area is 213 Å². The minimum atomic E-state index is -4.61. The van der Waals surface area contributed by atoms with E-state index in [1.807, 2.05) is 22.9 Å². The summed E-state index contributed by atoms with van der Waals surface area (Å²) in [4.78, 5) is 22.1. The molecule has 0 saturated carbocycles. The molecule has 1 amide bonds. The number of carbonyl (C=O) groups is 1. The second-order valence-corrected chi connectivity index (χ2v) is 9.90. The Balaban J connectivity index is 1.61. The van der Waals surface area contributed by atoms with Gasteiger partial charge in [0.1, 0.15) is 5.82 Å². The van der Waals surface area contributed by atoms with Crippen LogP contribution in [0.2, 0.25) is 5.02 Å². The molecular formula is C24H22BrClF3N5O. The number of hydrogen-bond donors (Lipinski definition) is 0. The van der Waals surface area contributed by atoms with Gasteiger partial charge in [-0.05, 0) is 47.7 Å². The highest BCUT2D eigenvalue weighted by Crippen LogP contribution is 2.43. The molecule has 0 aliphatic carbocycles. The third kappa shape index (κ3) is 4.20. The lowest BCUT2D eigenvalue weighted by Gasteiger charge is -2.41. The average Bonchev–Trinajstić information content (AvgIpc) is 3.21. The molecule has 2 aliphatic rings. The molecule has 0 unspecified atom stereocenters. The normalized spacial score (nSPS) is 18.0. The number of anilines is 1. The maximum atomic E-state index is 13.8. The molecule has 0 saturated heterocycles. The number of alkyl halides is 4. The van der Waals surface area contributed by atoms with Crippen molar-refractivity contribution in [3.8, 4) is 11.1 Å². The zero-order valence-electron chi connectivity index (χ0n) is 19.0. The largest absolute Gasteiger partial charge is 0.435 e. The molecule has 5 rings (SSSR count). The first-order valence-corrected chi connectivity index (χ1v) is 12.6. The lowest BCUT2D eigenvalue weighted by molar-refractivity contribution is -0.140. The van der Waals surface area contributed by atoms with Gasteiger partial charge in [-0.15, -0.1) is 0 Å². The van der Waals surface area contributed by atoms with Gasteiger partial charge >= 0.3 is 6.18 Å². The number of amides is 1. The number of pyridine rings is 1. The van der Waals surface area contributed by atoms with Gasteiger partial charge in [0.15, 0.2) is 5.69 Å². The van der Waals surface area contributed by atoms with Crippen molar-refractivity contribution in [1.29, 1.82) is 0 Å². The number of aryl methyl sites for hydroxylation is 1. The molecule has 2 aliphatic heterocycles. The van der Waals surface area contributed by atoms with Crippen LogP contribution >= 0.6 is 27.5 Å². The van der Waals surface area contributed by atoms with Crippen LogP contribution < -0.4 is 4.90 Å². The summed E-state index contributed by atoms with van der Waals surface area (Å²) in [5.74, 6) is 0.581. The van der Waals surface area contributed by atoms with Gasteiger partial charge in [-0.1, -0.05) is 27.5 Å². The van der Waals surface area contributed by atoms with Crippen LogP contribution in [0.1, 0.15) is 45.2 Å². The van der Waals surface area contributed by atoms with Crippen molar-refractivity contribution in [3.05, 3.63) is 63.6 Å². The summed E-state index contributed by atoms with van der Waals surface area (Å²) in [6.07, 6.45) is -0.511. The summed E-state index contributed by atoms with van der Waals surface area (Å²) >= 11 is 9.64. The zero-order valence-corrected chi connectivity index (χ0v) is 21.4. The summed E-state index contributed by atoms with van der Waals surface area (Å²) in [6, 6.07) is 5.13. The van der Waals surface area contributed by atoms with Crippen LogP contribution in [0.25, 0.3) is 11.1 Å². The molecule has 4 heterocycles. The predicted molar refractivity (Wildman–Crippen MR) is 131 cm³/mol. The number of nitrogens with zero attached hydrogens (tertiary/aromatic N) is 5. The van der Waals surface area contributed by atoms with Gasteiger partial charge in [0, 0.05) is 61.6 Å². The van der Waals surface area contributed by atoms with Crippen LogP contribution in [0.15, 0.2) is 30.6 Å². The van der Waals surface area contributed by atoms with Gasteiger partial charge in [-0.3, -0.25) is 9.48 Å². The fourth-order valence-electron chi connectivity index (χ4n) is 5.10. The van der Waals surface area contributed by atoms with Crippen molar-refractivity contribution >= 4 is 39.3 Å². The molecule has 0 fully saturated rings. The van der Waals surface area contributed by atoms with Crippen molar-refractivity contribution < 1.29 is 18.0 Å². The maximum absolute atomic E-state index is 13.8. The topological polar surface area (TPSA) is 54.3 Å². The van der Waals surface area contributed by atoms with Crippen LogP contribution in [0.5, 0.6) is 0 Å². The summed E-state index contributed by atoms with van der Waals surface area (Å²) in [6.45, 7) is 1.11. The van der Waals surface area contributed by atoms with Crippen molar-refractivity contribution in [2.75, 3.05) is 25.0 Å². The Morgan fingerprint density at radius 1 is 1.14 bits per heavy atom. The molecule has 2 aromatic heterocycles. The maximum Gasteiger partial charge on any atom is 0.435 e. The Kier molecular flexibility index (Phi) is 6.07. The summed E-state index contributed by atoms with van der Waals surface area (Å²) in [5, 5.41) is 4.57. The second-order valence-electron chi connectivity index (χ2n) is 8.91. The number of fused-ring (bicyclic) bond motifs is 2. The third-order valence-corrected chi connectivity index (χ3v) is 7.50. The smallest absolute Gasteiger partial charge is 0.359 e. The molecule has 0 spiro atoms. The first-order valence-electron chi connectivity index (χ1n) is 11.1.